The molecule has 0 heterocycles. The molecular formula is C28H30F2O5. The van der Waals surface area contributed by atoms with Crippen LogP contribution in [0, 0.1) is 11.2 Å². The zero-order valence-electron chi connectivity index (χ0n) is 20.2. The van der Waals surface area contributed by atoms with E-state index in [0.717, 1.165) is 0 Å². The minimum atomic E-state index is -1.38. The molecule has 0 fully saturated rings. The molecule has 1 unspecified atom stereocenters. The smallest absolute Gasteiger partial charge is 0.306 e. The van der Waals surface area contributed by atoms with Gasteiger partial charge in [0, 0.05) is 5.56 Å². The van der Waals surface area contributed by atoms with Crippen molar-refractivity contribution in [2.45, 2.75) is 46.1 Å². The van der Waals surface area contributed by atoms with E-state index >= 15 is 4.39 Å². The average molecular weight is 485 g/mol. The van der Waals surface area contributed by atoms with Crippen molar-refractivity contribution in [2.75, 3.05) is 7.11 Å². The number of alkyl halides is 1. The molecule has 3 aromatic carbocycles. The molecule has 5 nitrogen and oxygen atoms in total. The van der Waals surface area contributed by atoms with Crippen molar-refractivity contribution in [2.24, 2.45) is 5.41 Å². The van der Waals surface area contributed by atoms with Crippen molar-refractivity contribution in [3.63, 3.8) is 0 Å². The summed E-state index contributed by atoms with van der Waals surface area (Å²) in [5, 5.41) is 18.9. The number of carbonyl (C=O) groups is 1. The summed E-state index contributed by atoms with van der Waals surface area (Å²) in [7, 11) is 1.49. The number of benzene rings is 3. The number of ether oxygens (including phenoxy) is 2. The maximum absolute atomic E-state index is 15.6. The van der Waals surface area contributed by atoms with Gasteiger partial charge in [0.25, 0.3) is 0 Å². The number of aliphatic carboxylic acids is 1. The van der Waals surface area contributed by atoms with Gasteiger partial charge in [-0.3, -0.25) is 4.79 Å². The molecule has 0 aliphatic carbocycles. The van der Waals surface area contributed by atoms with Gasteiger partial charge in [0.15, 0.2) is 0 Å². The summed E-state index contributed by atoms with van der Waals surface area (Å²) < 4.78 is 41.4. The topological polar surface area (TPSA) is 76.0 Å². The maximum atomic E-state index is 15.6. The first-order valence-electron chi connectivity index (χ1n) is 11.2. The fourth-order valence-electron chi connectivity index (χ4n) is 3.72. The van der Waals surface area contributed by atoms with Crippen LogP contribution >= 0.6 is 0 Å². The summed E-state index contributed by atoms with van der Waals surface area (Å²) in [6.45, 7) is 5.44. The summed E-state index contributed by atoms with van der Waals surface area (Å²) in [6, 6.07) is 16.0. The van der Waals surface area contributed by atoms with Crippen LogP contribution in [0.15, 0.2) is 60.7 Å². The molecular weight excluding hydrogens is 454 g/mol. The Labute approximate surface area is 204 Å². The Morgan fingerprint density at radius 3 is 2.40 bits per heavy atom. The highest BCUT2D eigenvalue weighted by molar-refractivity contribution is 5.70. The first kappa shape index (κ1) is 26.2. The molecule has 0 saturated carbocycles. The summed E-state index contributed by atoms with van der Waals surface area (Å²) in [5.74, 6) is -0.683. The number of hydrogen-bond acceptors (Lipinski definition) is 4. The molecule has 3 aromatic rings. The van der Waals surface area contributed by atoms with Crippen LogP contribution in [0.5, 0.6) is 11.5 Å². The third kappa shape index (κ3) is 6.57. The Kier molecular flexibility index (Phi) is 8.12. The van der Waals surface area contributed by atoms with Crippen molar-refractivity contribution >= 4 is 5.97 Å². The Morgan fingerprint density at radius 2 is 1.74 bits per heavy atom. The predicted octanol–water partition coefficient (Wildman–Crippen LogP) is 6.65. The van der Waals surface area contributed by atoms with Crippen LogP contribution in [0.4, 0.5) is 8.78 Å². The first-order valence-corrected chi connectivity index (χ1v) is 11.2. The average Bonchev–Trinajstić information content (AvgIpc) is 2.81. The lowest BCUT2D eigenvalue weighted by Crippen LogP contribution is -2.15. The number of hydrogen-bond donors (Lipinski definition) is 2. The molecule has 0 bridgehead atoms. The van der Waals surface area contributed by atoms with Gasteiger partial charge in [0.2, 0.25) is 0 Å². The van der Waals surface area contributed by atoms with E-state index in [0.29, 0.717) is 33.8 Å². The minimum Gasteiger partial charge on any atom is -0.497 e. The third-order valence-corrected chi connectivity index (χ3v) is 5.63. The predicted molar refractivity (Wildman–Crippen MR) is 130 cm³/mol. The maximum Gasteiger partial charge on any atom is 0.306 e. The van der Waals surface area contributed by atoms with Gasteiger partial charge in [0.05, 0.1) is 19.6 Å². The number of methoxy groups -OCH3 is 1. The lowest BCUT2D eigenvalue weighted by atomic mass is 9.82. The van der Waals surface area contributed by atoms with E-state index in [9.17, 15) is 14.3 Å². The second-order valence-electron chi connectivity index (χ2n) is 9.47. The Hall–Kier alpha value is -3.45. The van der Waals surface area contributed by atoms with Crippen molar-refractivity contribution < 1.29 is 33.3 Å². The number of carboxylic acid groups (broad SMARTS) is 1. The highest BCUT2D eigenvalue weighted by atomic mass is 19.1. The van der Waals surface area contributed by atoms with Crippen LogP contribution in [0.3, 0.4) is 0 Å². The number of aliphatic hydroxyl groups excluding tert-OH is 1. The quantitative estimate of drug-likeness (QED) is 0.356. The summed E-state index contributed by atoms with van der Waals surface area (Å²) in [5.41, 5.74) is 1.40. The van der Waals surface area contributed by atoms with Gasteiger partial charge in [0.1, 0.15) is 30.1 Å². The second kappa shape index (κ2) is 10.9. The number of halogens is 2. The van der Waals surface area contributed by atoms with Gasteiger partial charge in [-0.25, -0.2) is 8.78 Å². The largest absolute Gasteiger partial charge is 0.497 e. The van der Waals surface area contributed by atoms with Crippen LogP contribution in [-0.4, -0.2) is 23.3 Å². The number of rotatable bonds is 9. The van der Waals surface area contributed by atoms with Gasteiger partial charge in [-0.1, -0.05) is 45.0 Å². The minimum absolute atomic E-state index is 0.100. The van der Waals surface area contributed by atoms with Crippen LogP contribution in [0.2, 0.25) is 0 Å². The monoisotopic (exact) mass is 484 g/mol. The number of carboxylic acids is 1. The lowest BCUT2D eigenvalue weighted by molar-refractivity contribution is -0.139. The molecule has 2 atom stereocenters. The van der Waals surface area contributed by atoms with Gasteiger partial charge in [-0.15, -0.1) is 0 Å². The summed E-state index contributed by atoms with van der Waals surface area (Å²) >= 11 is 0. The lowest BCUT2D eigenvalue weighted by Gasteiger charge is -2.27. The summed E-state index contributed by atoms with van der Waals surface area (Å²) in [6.07, 6.45) is -2.95. The van der Waals surface area contributed by atoms with Crippen molar-refractivity contribution in [1.82, 2.24) is 0 Å². The third-order valence-electron chi connectivity index (χ3n) is 5.63. The normalized spacial score (nSPS) is 13.2. The van der Waals surface area contributed by atoms with Crippen molar-refractivity contribution in [1.29, 1.82) is 0 Å². The van der Waals surface area contributed by atoms with Gasteiger partial charge in [-0.2, -0.15) is 0 Å². The molecule has 0 aromatic heterocycles. The van der Waals surface area contributed by atoms with Crippen LogP contribution in [0.25, 0.3) is 11.1 Å². The standard InChI is InChI=1S/C28H30F2O5/c1-28(2,3)27(30)23-12-17(8-10-21(23)22-14-19(34-4)9-11-24(22)29)16-35-20-7-5-6-18(13-20)25(31)15-26(32)33/h5-14,25,27,31H,15-16H2,1-4H3,(H,32,33)/t25-,27?/m1/s1. The molecule has 186 valence electrons. The van der Waals surface area contributed by atoms with Crippen LogP contribution in [-0.2, 0) is 11.4 Å². The van der Waals surface area contributed by atoms with Gasteiger partial charge < -0.3 is 19.7 Å². The zero-order valence-corrected chi connectivity index (χ0v) is 20.2. The molecule has 3 rings (SSSR count). The Bertz CT molecular complexity index is 1190. The zero-order chi connectivity index (χ0) is 25.8. The van der Waals surface area contributed by atoms with Crippen molar-refractivity contribution in [3.8, 4) is 22.6 Å². The second-order valence-corrected chi connectivity index (χ2v) is 9.47. The van der Waals surface area contributed by atoms with E-state index in [1.54, 1.807) is 69.3 Å². The molecule has 2 N–H and O–H groups in total. The highest BCUT2D eigenvalue weighted by Gasteiger charge is 2.29. The number of aliphatic hydroxyl groups is 1. The first-order chi connectivity index (χ1) is 16.5. The molecule has 0 aliphatic rings. The van der Waals surface area contributed by atoms with E-state index < -0.39 is 35.9 Å². The molecule has 0 aliphatic heterocycles. The fraction of sp³-hybridized carbons (Fsp3) is 0.321. The molecule has 0 radical (unpaired) electrons. The molecule has 35 heavy (non-hydrogen) atoms. The SMILES string of the molecule is COc1ccc(F)c(-c2ccc(COc3cccc([C@H](O)CC(=O)O)c3)cc2C(F)C(C)(C)C)c1. The van der Waals surface area contributed by atoms with Gasteiger partial charge >= 0.3 is 5.97 Å². The van der Waals surface area contributed by atoms with E-state index in [4.69, 9.17) is 14.6 Å². The van der Waals surface area contributed by atoms with E-state index in [2.05, 4.69) is 0 Å². The van der Waals surface area contributed by atoms with Crippen LogP contribution in [0.1, 0.15) is 56.2 Å². The molecule has 7 heteroatoms. The van der Waals surface area contributed by atoms with E-state index in [-0.39, 0.29) is 12.2 Å². The van der Waals surface area contributed by atoms with Crippen LogP contribution < -0.4 is 9.47 Å². The Morgan fingerprint density at radius 1 is 1.00 bits per heavy atom. The highest BCUT2D eigenvalue weighted by Crippen LogP contribution is 2.42. The molecule has 0 spiro atoms. The fourth-order valence-corrected chi connectivity index (χ4v) is 3.72. The molecule has 0 saturated heterocycles. The summed E-state index contributed by atoms with van der Waals surface area (Å²) in [4.78, 5) is 10.9. The van der Waals surface area contributed by atoms with E-state index in [1.807, 2.05) is 0 Å². The Balaban J connectivity index is 1.92. The molecule has 0 amide bonds. The van der Waals surface area contributed by atoms with E-state index in [1.165, 1.54) is 19.2 Å². The van der Waals surface area contributed by atoms with Gasteiger partial charge in [-0.05, 0) is 64.1 Å². The van der Waals surface area contributed by atoms with Crippen molar-refractivity contribution in [3.05, 3.63) is 83.2 Å².